The molecule has 1 atom stereocenters. The number of carbonyl (C=O) groups is 1. The van der Waals surface area contributed by atoms with E-state index in [-0.39, 0.29) is 24.3 Å². The zero-order valence-electron chi connectivity index (χ0n) is 24.4. The maximum atomic E-state index is 14.1. The monoisotopic (exact) mass is 673 g/mol. The minimum absolute atomic E-state index is 0.170. The maximum Gasteiger partial charge on any atom is 0.338 e. The molecular weight excluding hydrogens is 646 g/mol. The highest BCUT2D eigenvalue weighted by atomic mass is 79.9. The first-order chi connectivity index (χ1) is 21.3. The third kappa shape index (κ3) is 6.04. The third-order valence-corrected chi connectivity index (χ3v) is 8.50. The molecule has 0 aliphatic carbocycles. The van der Waals surface area contributed by atoms with Crippen LogP contribution in [0.2, 0.25) is 0 Å². The number of fused-ring (bicyclic) bond motifs is 1. The Morgan fingerprint density at radius 3 is 2.57 bits per heavy atom. The number of aromatic nitrogens is 1. The molecule has 0 saturated carbocycles. The van der Waals surface area contributed by atoms with Gasteiger partial charge in [-0.1, -0.05) is 51.5 Å². The first-order valence-electron chi connectivity index (χ1n) is 13.6. The molecule has 0 unspecified atom stereocenters. The van der Waals surface area contributed by atoms with Crippen LogP contribution in [0.1, 0.15) is 42.1 Å². The molecule has 0 radical (unpaired) electrons. The zero-order chi connectivity index (χ0) is 31.4. The van der Waals surface area contributed by atoms with Crippen molar-refractivity contribution in [2.75, 3.05) is 20.8 Å². The molecular formula is C33H28BrN3O6S. The van der Waals surface area contributed by atoms with Crippen LogP contribution in [-0.4, -0.2) is 31.4 Å². The van der Waals surface area contributed by atoms with Gasteiger partial charge in [-0.2, -0.15) is 5.26 Å². The van der Waals surface area contributed by atoms with E-state index in [4.69, 9.17) is 18.9 Å². The summed E-state index contributed by atoms with van der Waals surface area (Å²) in [6, 6.07) is 19.4. The summed E-state index contributed by atoms with van der Waals surface area (Å²) in [5.74, 6) is 0.954. The Morgan fingerprint density at radius 1 is 1.09 bits per heavy atom. The number of nitrogens with zero attached hydrogens (tertiary/aromatic N) is 3. The second kappa shape index (κ2) is 13.3. The van der Waals surface area contributed by atoms with Crippen LogP contribution in [0.3, 0.4) is 0 Å². The average molecular weight is 675 g/mol. The lowest BCUT2D eigenvalue weighted by Crippen LogP contribution is -2.40. The van der Waals surface area contributed by atoms with E-state index in [0.29, 0.717) is 49.0 Å². The number of carbonyl (C=O) groups excluding carboxylic acids is 1. The zero-order valence-corrected chi connectivity index (χ0v) is 26.8. The minimum atomic E-state index is -0.812. The van der Waals surface area contributed by atoms with Crippen LogP contribution in [0, 0.1) is 11.3 Å². The molecule has 0 saturated heterocycles. The van der Waals surface area contributed by atoms with E-state index in [1.54, 1.807) is 56.3 Å². The van der Waals surface area contributed by atoms with Crippen LogP contribution < -0.4 is 29.1 Å². The van der Waals surface area contributed by atoms with Crippen molar-refractivity contribution in [3.05, 3.63) is 118 Å². The lowest BCUT2D eigenvalue weighted by Gasteiger charge is -2.25. The quantitative estimate of drug-likeness (QED) is 0.229. The van der Waals surface area contributed by atoms with E-state index in [1.165, 1.54) is 30.1 Å². The van der Waals surface area contributed by atoms with Crippen molar-refractivity contribution < 1.29 is 23.7 Å². The molecule has 1 aromatic heterocycles. The summed E-state index contributed by atoms with van der Waals surface area (Å²) in [4.78, 5) is 32.5. The highest BCUT2D eigenvalue weighted by Gasteiger charge is 2.34. The molecule has 0 fully saturated rings. The molecule has 11 heteroatoms. The van der Waals surface area contributed by atoms with Gasteiger partial charge >= 0.3 is 5.97 Å². The van der Waals surface area contributed by atoms with Gasteiger partial charge in [0.15, 0.2) is 16.3 Å². The van der Waals surface area contributed by atoms with Crippen molar-refractivity contribution in [1.29, 1.82) is 5.26 Å². The van der Waals surface area contributed by atoms with Gasteiger partial charge in [0.25, 0.3) is 5.56 Å². The van der Waals surface area contributed by atoms with Gasteiger partial charge in [-0.05, 0) is 61.9 Å². The number of methoxy groups -OCH3 is 2. The van der Waals surface area contributed by atoms with E-state index in [2.05, 4.69) is 27.0 Å². The molecule has 1 aliphatic rings. The van der Waals surface area contributed by atoms with Crippen LogP contribution in [0.5, 0.6) is 17.2 Å². The van der Waals surface area contributed by atoms with Gasteiger partial charge < -0.3 is 18.9 Å². The van der Waals surface area contributed by atoms with Gasteiger partial charge in [0.05, 0.1) is 54.3 Å². The summed E-state index contributed by atoms with van der Waals surface area (Å²) in [6.45, 7) is 3.81. The highest BCUT2D eigenvalue weighted by Crippen LogP contribution is 2.36. The molecule has 0 amide bonds. The number of hydrogen-bond acceptors (Lipinski definition) is 9. The molecule has 0 bridgehead atoms. The SMILES string of the molecule is CCOC(=O)C1=C(C)N=c2s/c(=C\c3cc(Br)ccc3OCc3ccccc3C#N)c(=O)n2[C@H]1c1ccc(OC)c(OC)c1. The summed E-state index contributed by atoms with van der Waals surface area (Å²) >= 11 is 4.73. The van der Waals surface area contributed by atoms with E-state index < -0.39 is 12.0 Å². The Bertz CT molecular complexity index is 2010. The van der Waals surface area contributed by atoms with Crippen molar-refractivity contribution in [1.82, 2.24) is 4.57 Å². The van der Waals surface area contributed by atoms with E-state index in [0.717, 1.165) is 10.0 Å². The first kappa shape index (κ1) is 30.8. The number of thiazole rings is 1. The summed E-state index contributed by atoms with van der Waals surface area (Å²) in [7, 11) is 3.06. The van der Waals surface area contributed by atoms with Crippen LogP contribution in [0.4, 0.5) is 0 Å². The standard InChI is InChI=1S/C33H28BrN3O6S/c1-5-42-32(39)29-19(2)36-33-37(30(29)20-10-12-26(40-3)27(15-20)41-4)31(38)28(44-33)16-23-14-24(34)11-13-25(23)43-18-22-9-7-6-8-21(22)17-35/h6-16,30H,5,18H2,1-4H3/b28-16-/t30-/m0/s1. The smallest absolute Gasteiger partial charge is 0.338 e. The Balaban J connectivity index is 1.64. The van der Waals surface area contributed by atoms with E-state index >= 15 is 0 Å². The Kier molecular flexibility index (Phi) is 9.32. The normalized spacial score (nSPS) is 14.4. The largest absolute Gasteiger partial charge is 0.493 e. The van der Waals surface area contributed by atoms with E-state index in [9.17, 15) is 14.9 Å². The Hall–Kier alpha value is -4.66. The molecule has 5 rings (SSSR count). The highest BCUT2D eigenvalue weighted by molar-refractivity contribution is 9.10. The van der Waals surface area contributed by atoms with Crippen LogP contribution >= 0.6 is 27.3 Å². The van der Waals surface area contributed by atoms with E-state index in [1.807, 2.05) is 24.3 Å². The first-order valence-corrected chi connectivity index (χ1v) is 15.2. The van der Waals surface area contributed by atoms with Crippen LogP contribution in [-0.2, 0) is 16.1 Å². The number of rotatable bonds is 9. The molecule has 0 spiro atoms. The number of allylic oxidation sites excluding steroid dienone is 1. The molecule has 2 heterocycles. The van der Waals surface area contributed by atoms with Crippen LogP contribution in [0.25, 0.3) is 6.08 Å². The summed E-state index contributed by atoms with van der Waals surface area (Å²) < 4.78 is 25.2. The van der Waals surface area contributed by atoms with Gasteiger partial charge in [-0.15, -0.1) is 0 Å². The summed E-state index contributed by atoms with van der Waals surface area (Å²) in [5, 5.41) is 9.46. The van der Waals surface area contributed by atoms with Crippen molar-refractivity contribution in [2.24, 2.45) is 4.99 Å². The van der Waals surface area contributed by atoms with Crippen molar-refractivity contribution in [3.63, 3.8) is 0 Å². The average Bonchev–Trinajstić information content (AvgIpc) is 3.33. The van der Waals surface area contributed by atoms with Gasteiger partial charge in [0.1, 0.15) is 12.4 Å². The summed E-state index contributed by atoms with van der Waals surface area (Å²) in [6.07, 6.45) is 1.75. The lowest BCUT2D eigenvalue weighted by molar-refractivity contribution is -0.139. The lowest BCUT2D eigenvalue weighted by atomic mass is 9.95. The number of ether oxygens (including phenoxy) is 4. The number of hydrogen-bond donors (Lipinski definition) is 0. The predicted molar refractivity (Wildman–Crippen MR) is 170 cm³/mol. The van der Waals surface area contributed by atoms with Crippen molar-refractivity contribution in [3.8, 4) is 23.3 Å². The van der Waals surface area contributed by atoms with Gasteiger partial charge in [0.2, 0.25) is 0 Å². The number of benzene rings is 3. The minimum Gasteiger partial charge on any atom is -0.493 e. The number of nitriles is 1. The molecule has 4 aromatic rings. The number of esters is 1. The topological polar surface area (TPSA) is 112 Å². The van der Waals surface area contributed by atoms with Gasteiger partial charge in [-0.25, -0.2) is 9.79 Å². The summed E-state index contributed by atoms with van der Waals surface area (Å²) in [5.41, 5.74) is 2.96. The van der Waals surface area contributed by atoms with Crippen molar-refractivity contribution >= 4 is 39.3 Å². The maximum absolute atomic E-state index is 14.1. The molecule has 224 valence electrons. The molecule has 44 heavy (non-hydrogen) atoms. The fourth-order valence-electron chi connectivity index (χ4n) is 4.95. The Morgan fingerprint density at radius 2 is 1.84 bits per heavy atom. The Labute approximate surface area is 266 Å². The van der Waals surface area contributed by atoms with Gasteiger partial charge in [-0.3, -0.25) is 9.36 Å². The fraction of sp³-hybridized carbons (Fsp3) is 0.212. The van der Waals surface area contributed by atoms with Crippen LogP contribution in [0.15, 0.2) is 86.2 Å². The molecule has 0 N–H and O–H groups in total. The van der Waals surface area contributed by atoms with Crippen molar-refractivity contribution in [2.45, 2.75) is 26.5 Å². The second-order valence-corrected chi connectivity index (χ2v) is 11.6. The van der Waals surface area contributed by atoms with Gasteiger partial charge in [0, 0.05) is 15.6 Å². The third-order valence-electron chi connectivity index (χ3n) is 7.02. The molecule has 1 aliphatic heterocycles. The molecule has 9 nitrogen and oxygen atoms in total. The molecule has 3 aromatic carbocycles. The fourth-order valence-corrected chi connectivity index (χ4v) is 6.36. The second-order valence-electron chi connectivity index (χ2n) is 9.66. The predicted octanol–water partition coefficient (Wildman–Crippen LogP) is 5.03. The number of halogens is 1.